The Bertz CT molecular complexity index is 207. The van der Waals surface area contributed by atoms with Crippen LogP contribution in [0.15, 0.2) is 0 Å². The molecule has 88 valence electrons. The van der Waals surface area contributed by atoms with Crippen LogP contribution in [-0.2, 0) is 4.74 Å². The van der Waals surface area contributed by atoms with Gasteiger partial charge in [-0.05, 0) is 38.4 Å². The number of nitrogens with one attached hydrogen (secondary N) is 1. The quantitative estimate of drug-likeness (QED) is 0.703. The van der Waals surface area contributed by atoms with Gasteiger partial charge >= 0.3 is 0 Å². The molecule has 0 aromatic heterocycles. The van der Waals surface area contributed by atoms with Crippen molar-refractivity contribution in [3.63, 3.8) is 0 Å². The molecule has 0 saturated heterocycles. The first-order valence-corrected chi connectivity index (χ1v) is 6.16. The van der Waals surface area contributed by atoms with Crippen molar-refractivity contribution >= 4 is 17.3 Å². The number of nitrogens with zero attached hydrogens (tertiary/aromatic N) is 1. The Labute approximate surface area is 98.2 Å². The van der Waals surface area contributed by atoms with Crippen molar-refractivity contribution in [3.05, 3.63) is 0 Å². The number of thiocarbonyl (C=S) groups is 1. The molecule has 1 N–H and O–H groups in total. The molecule has 1 saturated carbocycles. The summed E-state index contributed by atoms with van der Waals surface area (Å²) in [5, 5.41) is 4.27. The zero-order valence-corrected chi connectivity index (χ0v) is 10.8. The van der Waals surface area contributed by atoms with Crippen molar-refractivity contribution in [1.29, 1.82) is 0 Å². The fourth-order valence-electron chi connectivity index (χ4n) is 1.42. The van der Waals surface area contributed by atoms with E-state index in [2.05, 4.69) is 24.1 Å². The molecule has 1 unspecified atom stereocenters. The van der Waals surface area contributed by atoms with E-state index in [0.717, 1.165) is 24.7 Å². The van der Waals surface area contributed by atoms with Crippen LogP contribution in [0.25, 0.3) is 0 Å². The number of hydrogen-bond donors (Lipinski definition) is 1. The second-order valence-electron chi connectivity index (χ2n) is 4.17. The maximum atomic E-state index is 5.41. The lowest BCUT2D eigenvalue weighted by atomic mass is 10.2. The molecule has 4 heteroatoms. The van der Waals surface area contributed by atoms with E-state index >= 15 is 0 Å². The molecule has 1 rings (SSSR count). The largest absolute Gasteiger partial charge is 0.383 e. The lowest BCUT2D eigenvalue weighted by Crippen LogP contribution is -2.46. The third-order valence-electron chi connectivity index (χ3n) is 2.83. The van der Waals surface area contributed by atoms with Gasteiger partial charge in [-0.15, -0.1) is 0 Å². The fourth-order valence-corrected chi connectivity index (χ4v) is 1.86. The van der Waals surface area contributed by atoms with Gasteiger partial charge in [0, 0.05) is 25.7 Å². The maximum Gasteiger partial charge on any atom is 0.169 e. The van der Waals surface area contributed by atoms with Crippen LogP contribution in [0.1, 0.15) is 33.1 Å². The molecule has 0 amide bonds. The highest BCUT2D eigenvalue weighted by molar-refractivity contribution is 7.80. The van der Waals surface area contributed by atoms with Crippen molar-refractivity contribution in [2.75, 3.05) is 20.3 Å². The molecule has 0 radical (unpaired) electrons. The highest BCUT2D eigenvalue weighted by Crippen LogP contribution is 2.19. The van der Waals surface area contributed by atoms with E-state index in [1.54, 1.807) is 7.11 Å². The van der Waals surface area contributed by atoms with Gasteiger partial charge in [0.15, 0.2) is 5.11 Å². The molecule has 1 fully saturated rings. The Morgan fingerprint density at radius 2 is 2.27 bits per heavy atom. The van der Waals surface area contributed by atoms with Gasteiger partial charge in [-0.2, -0.15) is 0 Å². The second-order valence-corrected chi connectivity index (χ2v) is 4.55. The van der Waals surface area contributed by atoms with Crippen LogP contribution in [-0.4, -0.2) is 42.4 Å². The Kier molecular flexibility index (Phi) is 5.32. The number of hydrogen-bond acceptors (Lipinski definition) is 2. The summed E-state index contributed by atoms with van der Waals surface area (Å²) in [7, 11) is 1.73. The molecule has 0 aliphatic heterocycles. The Balaban J connectivity index is 2.40. The van der Waals surface area contributed by atoms with Crippen LogP contribution in [0.4, 0.5) is 0 Å². The fraction of sp³-hybridized carbons (Fsp3) is 0.909. The van der Waals surface area contributed by atoms with E-state index in [0.29, 0.717) is 12.1 Å². The Morgan fingerprint density at radius 1 is 1.60 bits per heavy atom. The first-order chi connectivity index (χ1) is 7.19. The first-order valence-electron chi connectivity index (χ1n) is 5.75. The summed E-state index contributed by atoms with van der Waals surface area (Å²) in [4.78, 5) is 2.23. The van der Waals surface area contributed by atoms with E-state index in [-0.39, 0.29) is 0 Å². The number of ether oxygens (including phenoxy) is 1. The van der Waals surface area contributed by atoms with Crippen molar-refractivity contribution in [2.45, 2.75) is 45.2 Å². The van der Waals surface area contributed by atoms with Crippen LogP contribution in [0.3, 0.4) is 0 Å². The zero-order valence-electron chi connectivity index (χ0n) is 9.95. The average Bonchev–Trinajstić information content (AvgIpc) is 3.01. The summed E-state index contributed by atoms with van der Waals surface area (Å²) in [5.74, 6) is 0. The minimum absolute atomic E-state index is 0.485. The molecule has 15 heavy (non-hydrogen) atoms. The van der Waals surface area contributed by atoms with Gasteiger partial charge in [-0.1, -0.05) is 6.92 Å². The van der Waals surface area contributed by atoms with E-state index in [1.807, 2.05) is 0 Å². The molecule has 1 aliphatic carbocycles. The van der Waals surface area contributed by atoms with Gasteiger partial charge in [0.25, 0.3) is 0 Å². The van der Waals surface area contributed by atoms with Crippen LogP contribution < -0.4 is 5.32 Å². The van der Waals surface area contributed by atoms with E-state index in [4.69, 9.17) is 17.0 Å². The molecule has 0 bridgehead atoms. The highest BCUT2D eigenvalue weighted by Gasteiger charge is 2.25. The molecule has 0 spiro atoms. The summed E-state index contributed by atoms with van der Waals surface area (Å²) >= 11 is 5.41. The number of rotatable bonds is 6. The van der Waals surface area contributed by atoms with Crippen LogP contribution >= 0.6 is 12.2 Å². The van der Waals surface area contributed by atoms with Crippen molar-refractivity contribution in [2.24, 2.45) is 0 Å². The van der Waals surface area contributed by atoms with Gasteiger partial charge in [0.05, 0.1) is 6.61 Å². The van der Waals surface area contributed by atoms with Gasteiger partial charge in [0.1, 0.15) is 0 Å². The summed E-state index contributed by atoms with van der Waals surface area (Å²) < 4.78 is 5.11. The van der Waals surface area contributed by atoms with Crippen molar-refractivity contribution in [1.82, 2.24) is 10.2 Å². The van der Waals surface area contributed by atoms with Gasteiger partial charge < -0.3 is 15.0 Å². The van der Waals surface area contributed by atoms with E-state index in [1.165, 1.54) is 12.8 Å². The van der Waals surface area contributed by atoms with Crippen LogP contribution in [0.2, 0.25) is 0 Å². The lowest BCUT2D eigenvalue weighted by molar-refractivity contribution is 0.162. The predicted molar refractivity (Wildman–Crippen MR) is 67.1 cm³/mol. The average molecular weight is 230 g/mol. The Hall–Kier alpha value is -0.350. The minimum Gasteiger partial charge on any atom is -0.383 e. The molecule has 1 atom stereocenters. The monoisotopic (exact) mass is 230 g/mol. The SMILES string of the molecule is CCC(C)N(CCOC)C(=S)NC1CC1. The topological polar surface area (TPSA) is 24.5 Å². The van der Waals surface area contributed by atoms with Crippen LogP contribution in [0, 0.1) is 0 Å². The van der Waals surface area contributed by atoms with E-state index < -0.39 is 0 Å². The zero-order chi connectivity index (χ0) is 11.3. The molecule has 0 heterocycles. The molecule has 0 aromatic rings. The summed E-state index contributed by atoms with van der Waals surface area (Å²) in [5.41, 5.74) is 0. The highest BCUT2D eigenvalue weighted by atomic mass is 32.1. The normalized spacial score (nSPS) is 17.3. The molecular weight excluding hydrogens is 208 g/mol. The third-order valence-corrected chi connectivity index (χ3v) is 3.18. The smallest absolute Gasteiger partial charge is 0.169 e. The third kappa shape index (κ3) is 4.34. The Morgan fingerprint density at radius 3 is 2.73 bits per heavy atom. The van der Waals surface area contributed by atoms with Gasteiger partial charge in [-0.3, -0.25) is 0 Å². The van der Waals surface area contributed by atoms with Gasteiger partial charge in [-0.25, -0.2) is 0 Å². The standard InChI is InChI=1S/C11H22N2OS/c1-4-9(2)13(7-8-14-3)11(15)12-10-5-6-10/h9-10H,4-8H2,1-3H3,(H,12,15). The minimum atomic E-state index is 0.485. The summed E-state index contributed by atoms with van der Waals surface area (Å²) in [6.45, 7) is 6.00. The maximum absolute atomic E-state index is 5.41. The van der Waals surface area contributed by atoms with Crippen molar-refractivity contribution in [3.8, 4) is 0 Å². The first kappa shape index (κ1) is 12.7. The van der Waals surface area contributed by atoms with Crippen LogP contribution in [0.5, 0.6) is 0 Å². The second kappa shape index (κ2) is 6.28. The number of methoxy groups -OCH3 is 1. The van der Waals surface area contributed by atoms with Gasteiger partial charge in [0.2, 0.25) is 0 Å². The predicted octanol–water partition coefficient (Wildman–Crippen LogP) is 1.77. The lowest BCUT2D eigenvalue weighted by Gasteiger charge is -2.31. The summed E-state index contributed by atoms with van der Waals surface area (Å²) in [6.07, 6.45) is 3.63. The molecular formula is C11H22N2OS. The summed E-state index contributed by atoms with van der Waals surface area (Å²) in [6, 6.07) is 1.12. The van der Waals surface area contributed by atoms with Crippen molar-refractivity contribution < 1.29 is 4.74 Å². The molecule has 3 nitrogen and oxygen atoms in total. The molecule has 0 aromatic carbocycles. The van der Waals surface area contributed by atoms with E-state index in [9.17, 15) is 0 Å². The molecule has 1 aliphatic rings.